The van der Waals surface area contributed by atoms with Gasteiger partial charge in [0, 0.05) is 42.6 Å². The van der Waals surface area contributed by atoms with Gasteiger partial charge in [0.15, 0.2) is 0 Å². The first-order valence-electron chi connectivity index (χ1n) is 21.7. The molecule has 3 aliphatic rings. The normalized spacial score (nSPS) is 15.2. The SMILES string of the molecule is CC1(C)c2ccccc2-c2ccc(CCC(c3ccc4c(c3)-c3c(ccc5ccccc35)C43c4ccccc4Oc4ccccc43)c3ccc4c(c3)sc3ccccc34)cc21. The maximum atomic E-state index is 6.69. The summed E-state index contributed by atoms with van der Waals surface area (Å²) in [6.45, 7) is 4.77. The van der Waals surface area contributed by atoms with Crippen LogP contribution in [0, 0.1) is 0 Å². The third-order valence-electron chi connectivity index (χ3n) is 14.4. The Morgan fingerprint density at radius 2 is 1.10 bits per heavy atom. The van der Waals surface area contributed by atoms with Crippen molar-refractivity contribution in [2.75, 3.05) is 0 Å². The molecule has 1 atom stereocenters. The molecule has 1 spiro atoms. The summed E-state index contributed by atoms with van der Waals surface area (Å²) in [6, 6.07) is 70.9. The van der Waals surface area contributed by atoms with Crippen LogP contribution < -0.4 is 4.74 Å². The topological polar surface area (TPSA) is 9.23 Å². The van der Waals surface area contributed by atoms with Crippen molar-refractivity contribution in [3.8, 4) is 33.8 Å². The van der Waals surface area contributed by atoms with Crippen LogP contribution >= 0.6 is 11.3 Å². The Morgan fingerprint density at radius 1 is 0.459 bits per heavy atom. The summed E-state index contributed by atoms with van der Waals surface area (Å²) < 4.78 is 9.39. The predicted octanol–water partition coefficient (Wildman–Crippen LogP) is 15.7. The van der Waals surface area contributed by atoms with Crippen LogP contribution in [0.15, 0.2) is 188 Å². The molecule has 2 aliphatic carbocycles. The van der Waals surface area contributed by atoms with E-state index < -0.39 is 5.41 Å². The number of hydrogen-bond acceptors (Lipinski definition) is 2. The van der Waals surface area contributed by atoms with Crippen LogP contribution in [0.5, 0.6) is 11.5 Å². The summed E-state index contributed by atoms with van der Waals surface area (Å²) in [4.78, 5) is 0. The minimum atomic E-state index is -0.515. The third kappa shape index (κ3) is 4.88. The van der Waals surface area contributed by atoms with Crippen LogP contribution in [0.3, 0.4) is 0 Å². The van der Waals surface area contributed by atoms with Crippen molar-refractivity contribution in [1.29, 1.82) is 0 Å². The third-order valence-corrected chi connectivity index (χ3v) is 15.6. The smallest absolute Gasteiger partial charge is 0.132 e. The highest BCUT2D eigenvalue weighted by Crippen LogP contribution is 2.63. The average molecular weight is 799 g/mol. The molecule has 0 saturated heterocycles. The molecular weight excluding hydrogens is 757 g/mol. The summed E-state index contributed by atoms with van der Waals surface area (Å²) in [5.74, 6) is 2.03. The van der Waals surface area contributed by atoms with Gasteiger partial charge in [-0.2, -0.15) is 0 Å². The largest absolute Gasteiger partial charge is 0.457 e. The second-order valence-electron chi connectivity index (χ2n) is 17.9. The Bertz CT molecular complexity index is 3410. The van der Waals surface area contributed by atoms with Crippen molar-refractivity contribution in [1.82, 2.24) is 0 Å². The quantitative estimate of drug-likeness (QED) is 0.169. The van der Waals surface area contributed by atoms with Gasteiger partial charge in [0.2, 0.25) is 0 Å². The van der Waals surface area contributed by atoms with Crippen LogP contribution in [0.2, 0.25) is 0 Å². The van der Waals surface area contributed by atoms with Crippen molar-refractivity contribution in [2.45, 2.75) is 43.4 Å². The average Bonchev–Trinajstić information content (AvgIpc) is 3.90. The first-order valence-corrected chi connectivity index (χ1v) is 22.5. The first-order chi connectivity index (χ1) is 30.0. The maximum absolute atomic E-state index is 6.69. The Kier molecular flexibility index (Phi) is 7.40. The lowest BCUT2D eigenvalue weighted by atomic mass is 9.66. The van der Waals surface area contributed by atoms with Crippen molar-refractivity contribution in [3.05, 3.63) is 238 Å². The van der Waals surface area contributed by atoms with Crippen LogP contribution in [-0.4, -0.2) is 0 Å². The van der Waals surface area contributed by atoms with E-state index in [0.29, 0.717) is 0 Å². The van der Waals surface area contributed by atoms with Crippen LogP contribution in [0.1, 0.15) is 76.3 Å². The zero-order valence-corrected chi connectivity index (χ0v) is 35.0. The number of hydrogen-bond donors (Lipinski definition) is 0. The lowest BCUT2D eigenvalue weighted by molar-refractivity contribution is 0.436. The maximum Gasteiger partial charge on any atom is 0.132 e. The van der Waals surface area contributed by atoms with Gasteiger partial charge in [-0.05, 0) is 109 Å². The van der Waals surface area contributed by atoms with Crippen LogP contribution in [0.25, 0.3) is 53.2 Å². The van der Waals surface area contributed by atoms with E-state index in [1.54, 1.807) is 0 Å². The highest BCUT2D eigenvalue weighted by molar-refractivity contribution is 7.25. The number of thiophene rings is 1. The molecule has 1 nitrogen and oxygen atoms in total. The molecule has 61 heavy (non-hydrogen) atoms. The first kappa shape index (κ1) is 35.1. The highest BCUT2D eigenvalue weighted by Gasteiger charge is 2.51. The lowest BCUT2D eigenvalue weighted by Gasteiger charge is -2.39. The number of para-hydroxylation sites is 2. The molecule has 9 aromatic carbocycles. The molecule has 0 amide bonds. The molecule has 0 radical (unpaired) electrons. The second-order valence-corrected chi connectivity index (χ2v) is 18.9. The lowest BCUT2D eigenvalue weighted by Crippen LogP contribution is -2.32. The van der Waals surface area contributed by atoms with Crippen molar-refractivity contribution in [2.24, 2.45) is 0 Å². The molecule has 13 rings (SSSR count). The molecule has 1 unspecified atom stereocenters. The molecule has 0 bridgehead atoms. The highest BCUT2D eigenvalue weighted by atomic mass is 32.1. The molecule has 0 fully saturated rings. The van der Waals surface area contributed by atoms with Gasteiger partial charge in [0.1, 0.15) is 11.5 Å². The standard InChI is InChI=1S/C59H42OS/c1-58(2)47-17-7-5-15-42(47)43-29-24-36(33-52(43)58)23-28-40(39-25-30-45-44-16-6-12-22-55(44)61-56(45)35-39)38-27-31-48-46(34-38)57-41-14-4-3-13-37(41)26-32-51(57)59(48)49-18-8-10-20-53(49)60-54-21-11-9-19-50(54)59/h3-22,24-27,29-35,40H,23,28H2,1-2H3. The van der Waals surface area contributed by atoms with Crippen molar-refractivity contribution < 1.29 is 4.74 Å². The van der Waals surface area contributed by atoms with Crippen molar-refractivity contribution >= 4 is 42.3 Å². The molecule has 290 valence electrons. The Balaban J connectivity index is 1.01. The second kappa shape index (κ2) is 12.9. The minimum absolute atomic E-state index is 0.0267. The van der Waals surface area contributed by atoms with Crippen molar-refractivity contribution in [3.63, 3.8) is 0 Å². The van der Waals surface area contributed by atoms with E-state index in [2.05, 4.69) is 202 Å². The van der Waals surface area contributed by atoms with Crippen LogP contribution in [0.4, 0.5) is 0 Å². The summed E-state index contributed by atoms with van der Waals surface area (Å²) in [6.07, 6.45) is 1.97. The summed E-state index contributed by atoms with van der Waals surface area (Å²) in [5.41, 5.74) is 16.9. The van der Waals surface area contributed by atoms with E-state index in [1.807, 2.05) is 11.3 Å². The molecule has 0 saturated carbocycles. The zero-order chi connectivity index (χ0) is 40.5. The minimum Gasteiger partial charge on any atom is -0.457 e. The van der Waals surface area contributed by atoms with Crippen LogP contribution in [-0.2, 0) is 17.3 Å². The Morgan fingerprint density at radius 3 is 1.93 bits per heavy atom. The molecule has 1 aliphatic heterocycles. The fourth-order valence-corrected chi connectivity index (χ4v) is 12.8. The molecule has 2 heteroatoms. The van der Waals surface area contributed by atoms with Gasteiger partial charge in [0.25, 0.3) is 0 Å². The van der Waals surface area contributed by atoms with Gasteiger partial charge in [-0.25, -0.2) is 0 Å². The molecular formula is C59H42OS. The van der Waals surface area contributed by atoms with Gasteiger partial charge in [-0.15, -0.1) is 11.3 Å². The fourth-order valence-electron chi connectivity index (χ4n) is 11.6. The van der Waals surface area contributed by atoms with E-state index in [0.717, 1.165) is 24.3 Å². The van der Waals surface area contributed by atoms with Gasteiger partial charge < -0.3 is 4.74 Å². The van der Waals surface area contributed by atoms with E-state index in [4.69, 9.17) is 4.74 Å². The van der Waals surface area contributed by atoms with Gasteiger partial charge in [-0.3, -0.25) is 0 Å². The van der Waals surface area contributed by atoms with E-state index in [9.17, 15) is 0 Å². The summed E-state index contributed by atoms with van der Waals surface area (Å²) in [5, 5.41) is 5.24. The summed E-state index contributed by atoms with van der Waals surface area (Å²) >= 11 is 1.91. The molecule has 10 aromatic rings. The predicted molar refractivity (Wildman–Crippen MR) is 255 cm³/mol. The van der Waals surface area contributed by atoms with E-state index in [-0.39, 0.29) is 11.3 Å². The molecule has 2 heterocycles. The Labute approximate surface area is 360 Å². The number of rotatable bonds is 5. The number of aryl methyl sites for hydroxylation is 1. The molecule has 0 N–H and O–H groups in total. The molecule has 1 aromatic heterocycles. The van der Waals surface area contributed by atoms with E-state index >= 15 is 0 Å². The number of ether oxygens (including phenoxy) is 1. The monoisotopic (exact) mass is 798 g/mol. The van der Waals surface area contributed by atoms with E-state index in [1.165, 1.54) is 103 Å². The van der Waals surface area contributed by atoms with Gasteiger partial charge in [0.05, 0.1) is 5.41 Å². The zero-order valence-electron chi connectivity index (χ0n) is 34.2. The fraction of sp³-hybridized carbons (Fsp3) is 0.119. The van der Waals surface area contributed by atoms with Gasteiger partial charge >= 0.3 is 0 Å². The van der Waals surface area contributed by atoms with Gasteiger partial charge in [-0.1, -0.05) is 178 Å². The number of fused-ring (bicyclic) bond motifs is 17. The summed E-state index contributed by atoms with van der Waals surface area (Å²) in [7, 11) is 0. The Hall–Kier alpha value is -6.74. The number of benzene rings is 9.